The summed E-state index contributed by atoms with van der Waals surface area (Å²) >= 11 is 2.20. The summed E-state index contributed by atoms with van der Waals surface area (Å²) in [6.45, 7) is 0. The summed E-state index contributed by atoms with van der Waals surface area (Å²) in [6.07, 6.45) is 5.21. The average Bonchev–Trinajstić information content (AvgIpc) is 3.15. The van der Waals surface area contributed by atoms with E-state index in [1.807, 2.05) is 60.7 Å². The van der Waals surface area contributed by atoms with Gasteiger partial charge < -0.3 is 4.42 Å². The third-order valence-electron chi connectivity index (χ3n) is 3.81. The van der Waals surface area contributed by atoms with Crippen molar-refractivity contribution in [2.45, 2.75) is 0 Å². The normalized spacial score (nSPS) is 11.4. The largest absolute Gasteiger partial charge is 0.465 e. The predicted octanol–water partition coefficient (Wildman–Crippen LogP) is 4.75. The number of fused-ring (bicyclic) bond motifs is 1. The first-order chi connectivity index (χ1) is 12.2. The number of hydrogen-bond donors (Lipinski definition) is 0. The van der Waals surface area contributed by atoms with Crippen molar-refractivity contribution in [3.05, 3.63) is 92.4 Å². The SMILES string of the molecule is O=c1c2cc(I)ccc2nc(/C=C/c2ccco2)n1-c1ccccc1. The first-order valence-corrected chi connectivity index (χ1v) is 8.79. The molecule has 0 spiro atoms. The van der Waals surface area contributed by atoms with Gasteiger partial charge in [0.15, 0.2) is 0 Å². The fourth-order valence-electron chi connectivity index (χ4n) is 2.66. The highest BCUT2D eigenvalue weighted by atomic mass is 127. The molecule has 122 valence electrons. The molecule has 25 heavy (non-hydrogen) atoms. The van der Waals surface area contributed by atoms with Crippen LogP contribution in [0.4, 0.5) is 0 Å². The lowest BCUT2D eigenvalue weighted by Gasteiger charge is -2.11. The Balaban J connectivity index is 1.99. The summed E-state index contributed by atoms with van der Waals surface area (Å²) in [5.41, 5.74) is 1.37. The summed E-state index contributed by atoms with van der Waals surface area (Å²) in [4.78, 5) is 17.8. The van der Waals surface area contributed by atoms with Gasteiger partial charge in [-0.15, -0.1) is 0 Å². The molecule has 0 saturated heterocycles. The van der Waals surface area contributed by atoms with Crippen LogP contribution in [0.2, 0.25) is 0 Å². The van der Waals surface area contributed by atoms with Crippen LogP contribution < -0.4 is 5.56 Å². The molecule has 0 saturated carbocycles. The molecular weight excluding hydrogens is 427 g/mol. The van der Waals surface area contributed by atoms with E-state index in [-0.39, 0.29) is 5.56 Å². The number of aromatic nitrogens is 2. The summed E-state index contributed by atoms with van der Waals surface area (Å²) in [7, 11) is 0. The molecular formula is C20H13IN2O2. The van der Waals surface area contributed by atoms with Gasteiger partial charge in [0.2, 0.25) is 0 Å². The van der Waals surface area contributed by atoms with Crippen LogP contribution in [0.3, 0.4) is 0 Å². The monoisotopic (exact) mass is 440 g/mol. The lowest BCUT2D eigenvalue weighted by molar-refractivity contribution is 0.557. The van der Waals surface area contributed by atoms with Gasteiger partial charge in [0.25, 0.3) is 5.56 Å². The topological polar surface area (TPSA) is 48.0 Å². The minimum Gasteiger partial charge on any atom is -0.465 e. The van der Waals surface area contributed by atoms with Crippen molar-refractivity contribution in [3.8, 4) is 5.69 Å². The van der Waals surface area contributed by atoms with Gasteiger partial charge >= 0.3 is 0 Å². The zero-order valence-electron chi connectivity index (χ0n) is 13.1. The Bertz CT molecular complexity index is 1110. The van der Waals surface area contributed by atoms with Crippen molar-refractivity contribution in [1.29, 1.82) is 0 Å². The smallest absolute Gasteiger partial charge is 0.266 e. The van der Waals surface area contributed by atoms with Crippen LogP contribution in [-0.2, 0) is 0 Å². The van der Waals surface area contributed by atoms with Gasteiger partial charge in [-0.05, 0) is 77.2 Å². The van der Waals surface area contributed by atoms with Crippen LogP contribution in [0.25, 0.3) is 28.7 Å². The number of rotatable bonds is 3. The van der Waals surface area contributed by atoms with E-state index in [4.69, 9.17) is 4.42 Å². The second kappa shape index (κ2) is 6.68. The van der Waals surface area contributed by atoms with Crippen molar-refractivity contribution >= 4 is 45.6 Å². The van der Waals surface area contributed by atoms with Crippen LogP contribution in [0.1, 0.15) is 11.6 Å². The molecule has 2 aromatic heterocycles. The number of furan rings is 1. The summed E-state index contributed by atoms with van der Waals surface area (Å²) in [5.74, 6) is 1.26. The van der Waals surface area contributed by atoms with Crippen LogP contribution in [0, 0.1) is 3.57 Å². The van der Waals surface area contributed by atoms with E-state index in [0.717, 1.165) is 9.26 Å². The van der Waals surface area contributed by atoms with Gasteiger partial charge in [0.1, 0.15) is 11.6 Å². The highest BCUT2D eigenvalue weighted by Gasteiger charge is 2.11. The lowest BCUT2D eigenvalue weighted by atomic mass is 10.2. The minimum absolute atomic E-state index is 0.0891. The third-order valence-corrected chi connectivity index (χ3v) is 4.48. The van der Waals surface area contributed by atoms with E-state index in [1.165, 1.54) is 0 Å². The quantitative estimate of drug-likeness (QED) is 0.432. The highest BCUT2D eigenvalue weighted by molar-refractivity contribution is 14.1. The van der Waals surface area contributed by atoms with Gasteiger partial charge in [0, 0.05) is 3.57 Å². The number of para-hydroxylation sites is 1. The maximum Gasteiger partial charge on any atom is 0.266 e. The van der Waals surface area contributed by atoms with Crippen molar-refractivity contribution in [3.63, 3.8) is 0 Å². The van der Waals surface area contributed by atoms with Gasteiger partial charge in [-0.1, -0.05) is 18.2 Å². The van der Waals surface area contributed by atoms with Crippen molar-refractivity contribution in [1.82, 2.24) is 9.55 Å². The Hall–Kier alpha value is -2.67. The molecule has 4 rings (SSSR count). The van der Waals surface area contributed by atoms with Crippen molar-refractivity contribution in [2.24, 2.45) is 0 Å². The molecule has 4 nitrogen and oxygen atoms in total. The van der Waals surface area contributed by atoms with E-state index >= 15 is 0 Å². The molecule has 0 bridgehead atoms. The second-order valence-corrected chi connectivity index (χ2v) is 6.70. The Morgan fingerprint density at radius 3 is 2.60 bits per heavy atom. The van der Waals surface area contributed by atoms with Crippen LogP contribution in [0.15, 0.2) is 76.1 Å². The van der Waals surface area contributed by atoms with Crippen LogP contribution in [0.5, 0.6) is 0 Å². The first kappa shape index (κ1) is 15.8. The molecule has 0 N–H and O–H groups in total. The molecule has 0 amide bonds. The van der Waals surface area contributed by atoms with E-state index in [9.17, 15) is 4.79 Å². The maximum absolute atomic E-state index is 13.1. The van der Waals surface area contributed by atoms with Gasteiger partial charge in [-0.3, -0.25) is 9.36 Å². The fourth-order valence-corrected chi connectivity index (χ4v) is 3.15. The van der Waals surface area contributed by atoms with E-state index in [2.05, 4.69) is 27.6 Å². The molecule has 2 heterocycles. The number of hydrogen-bond acceptors (Lipinski definition) is 3. The Kier molecular flexibility index (Phi) is 4.23. The predicted molar refractivity (Wildman–Crippen MR) is 108 cm³/mol. The maximum atomic E-state index is 13.1. The fraction of sp³-hybridized carbons (Fsp3) is 0. The van der Waals surface area contributed by atoms with Crippen LogP contribution >= 0.6 is 22.6 Å². The van der Waals surface area contributed by atoms with E-state index in [1.54, 1.807) is 23.0 Å². The molecule has 5 heteroatoms. The molecule has 2 aromatic carbocycles. The molecule has 4 aromatic rings. The molecule has 0 atom stereocenters. The summed E-state index contributed by atoms with van der Waals surface area (Å²) in [5, 5.41) is 0.603. The number of nitrogens with zero attached hydrogens (tertiary/aromatic N) is 2. The molecule has 0 aliphatic rings. The molecule has 0 fully saturated rings. The zero-order chi connectivity index (χ0) is 17.2. The van der Waals surface area contributed by atoms with E-state index < -0.39 is 0 Å². The molecule has 0 unspecified atom stereocenters. The summed E-state index contributed by atoms with van der Waals surface area (Å²) < 4.78 is 7.96. The number of benzene rings is 2. The van der Waals surface area contributed by atoms with Crippen LogP contribution in [-0.4, -0.2) is 9.55 Å². The minimum atomic E-state index is -0.0891. The highest BCUT2D eigenvalue weighted by Crippen LogP contribution is 2.17. The van der Waals surface area contributed by atoms with Crippen molar-refractivity contribution < 1.29 is 4.42 Å². The van der Waals surface area contributed by atoms with Gasteiger partial charge in [0.05, 0.1) is 22.9 Å². The average molecular weight is 440 g/mol. The number of halogens is 1. The third kappa shape index (κ3) is 3.15. The molecule has 0 aliphatic heterocycles. The Morgan fingerprint density at radius 2 is 1.84 bits per heavy atom. The lowest BCUT2D eigenvalue weighted by Crippen LogP contribution is -2.22. The van der Waals surface area contributed by atoms with Gasteiger partial charge in [-0.25, -0.2) is 4.98 Å². The molecule has 0 radical (unpaired) electrons. The standard InChI is InChI=1S/C20H13IN2O2/c21-14-8-10-18-17(13-14)20(24)23(15-5-2-1-3-6-15)19(22-18)11-9-16-7-4-12-25-16/h1-13H/b11-9+. The van der Waals surface area contributed by atoms with Crippen molar-refractivity contribution in [2.75, 3.05) is 0 Å². The Morgan fingerprint density at radius 1 is 1.00 bits per heavy atom. The first-order valence-electron chi connectivity index (χ1n) is 7.72. The Labute approximate surface area is 157 Å². The second-order valence-electron chi connectivity index (χ2n) is 5.46. The zero-order valence-corrected chi connectivity index (χ0v) is 15.3. The summed E-state index contributed by atoms with van der Waals surface area (Å²) in [6, 6.07) is 18.9. The van der Waals surface area contributed by atoms with Gasteiger partial charge in [-0.2, -0.15) is 0 Å². The molecule has 0 aliphatic carbocycles. The van der Waals surface area contributed by atoms with E-state index in [0.29, 0.717) is 22.5 Å².